The summed E-state index contributed by atoms with van der Waals surface area (Å²) in [6.45, 7) is 3.74. The molecule has 2 unspecified atom stereocenters. The SMILES string of the molecule is Cc1c(OC2CCCC(C)C2)cc(C(=O)O)cc1[N+](=O)[O-]. The van der Waals surface area contributed by atoms with Crippen molar-refractivity contribution < 1.29 is 19.6 Å². The van der Waals surface area contributed by atoms with Gasteiger partial charge in [0.2, 0.25) is 0 Å². The Hall–Kier alpha value is -2.11. The number of ether oxygens (including phenoxy) is 1. The minimum absolute atomic E-state index is 0.00361. The van der Waals surface area contributed by atoms with E-state index < -0.39 is 10.9 Å². The first kappa shape index (κ1) is 15.3. The highest BCUT2D eigenvalue weighted by molar-refractivity contribution is 5.89. The molecule has 0 aliphatic heterocycles. The summed E-state index contributed by atoms with van der Waals surface area (Å²) in [6, 6.07) is 2.46. The number of hydrogen-bond donors (Lipinski definition) is 1. The Morgan fingerprint density at radius 3 is 2.71 bits per heavy atom. The van der Waals surface area contributed by atoms with Gasteiger partial charge in [0.15, 0.2) is 0 Å². The van der Waals surface area contributed by atoms with Gasteiger partial charge in [0, 0.05) is 6.07 Å². The number of carboxylic acids is 1. The van der Waals surface area contributed by atoms with E-state index in [2.05, 4.69) is 6.92 Å². The Morgan fingerprint density at radius 1 is 1.43 bits per heavy atom. The number of nitro benzene ring substituents is 1. The van der Waals surface area contributed by atoms with Gasteiger partial charge in [-0.05, 0) is 38.2 Å². The van der Waals surface area contributed by atoms with Crippen molar-refractivity contribution in [2.24, 2.45) is 5.92 Å². The van der Waals surface area contributed by atoms with Crippen molar-refractivity contribution in [3.05, 3.63) is 33.4 Å². The molecule has 0 aromatic heterocycles. The molecule has 0 radical (unpaired) electrons. The molecule has 0 saturated heterocycles. The van der Waals surface area contributed by atoms with Crippen molar-refractivity contribution >= 4 is 11.7 Å². The molecule has 21 heavy (non-hydrogen) atoms. The number of rotatable bonds is 4. The highest BCUT2D eigenvalue weighted by Gasteiger charge is 2.24. The molecule has 1 aliphatic rings. The van der Waals surface area contributed by atoms with Crippen LogP contribution in [0.4, 0.5) is 5.69 Å². The Labute approximate surface area is 122 Å². The molecule has 6 heteroatoms. The number of hydrogen-bond acceptors (Lipinski definition) is 4. The lowest BCUT2D eigenvalue weighted by Gasteiger charge is -2.28. The van der Waals surface area contributed by atoms with Gasteiger partial charge in [-0.3, -0.25) is 10.1 Å². The number of benzene rings is 1. The second kappa shape index (κ2) is 6.11. The molecule has 2 atom stereocenters. The van der Waals surface area contributed by atoms with Gasteiger partial charge in [-0.2, -0.15) is 0 Å². The lowest BCUT2D eigenvalue weighted by molar-refractivity contribution is -0.385. The zero-order valence-corrected chi connectivity index (χ0v) is 12.2. The van der Waals surface area contributed by atoms with Crippen LogP contribution in [0.1, 0.15) is 48.5 Å². The van der Waals surface area contributed by atoms with E-state index in [1.807, 2.05) is 0 Å². The first-order valence-electron chi connectivity index (χ1n) is 7.07. The molecule has 114 valence electrons. The van der Waals surface area contributed by atoms with E-state index in [-0.39, 0.29) is 17.4 Å². The van der Waals surface area contributed by atoms with Crippen LogP contribution >= 0.6 is 0 Å². The molecular weight excluding hydrogens is 274 g/mol. The smallest absolute Gasteiger partial charge is 0.336 e. The number of nitro groups is 1. The summed E-state index contributed by atoms with van der Waals surface area (Å²) in [6.07, 6.45) is 4.01. The van der Waals surface area contributed by atoms with Gasteiger partial charge in [-0.1, -0.05) is 13.3 Å². The molecule has 1 aliphatic carbocycles. The van der Waals surface area contributed by atoms with E-state index in [9.17, 15) is 14.9 Å². The van der Waals surface area contributed by atoms with Crippen LogP contribution in [0.15, 0.2) is 12.1 Å². The quantitative estimate of drug-likeness (QED) is 0.677. The zero-order chi connectivity index (χ0) is 15.6. The lowest BCUT2D eigenvalue weighted by atomic mass is 9.88. The standard InChI is InChI=1S/C15H19NO5/c1-9-4-3-5-12(6-9)21-14-8-11(15(17)18)7-13(10(14)2)16(19)20/h7-9,12H,3-6H2,1-2H3,(H,17,18). The van der Waals surface area contributed by atoms with Crippen molar-refractivity contribution in [2.75, 3.05) is 0 Å². The summed E-state index contributed by atoms with van der Waals surface area (Å²) in [5.74, 6) is -0.331. The predicted molar refractivity (Wildman–Crippen MR) is 76.8 cm³/mol. The fraction of sp³-hybridized carbons (Fsp3) is 0.533. The Morgan fingerprint density at radius 2 is 2.14 bits per heavy atom. The predicted octanol–water partition coefficient (Wildman–Crippen LogP) is 3.56. The molecule has 2 rings (SSSR count). The third-order valence-electron chi connectivity index (χ3n) is 3.96. The molecule has 0 spiro atoms. The minimum atomic E-state index is -1.19. The molecule has 1 fully saturated rings. The minimum Gasteiger partial charge on any atom is -0.490 e. The zero-order valence-electron chi connectivity index (χ0n) is 12.2. The summed E-state index contributed by atoms with van der Waals surface area (Å²) in [4.78, 5) is 21.6. The topological polar surface area (TPSA) is 89.7 Å². The van der Waals surface area contributed by atoms with Crippen molar-refractivity contribution in [3.63, 3.8) is 0 Å². The first-order valence-corrected chi connectivity index (χ1v) is 7.07. The van der Waals surface area contributed by atoms with Crippen molar-refractivity contribution in [1.82, 2.24) is 0 Å². The maximum Gasteiger partial charge on any atom is 0.336 e. The second-order valence-electron chi connectivity index (χ2n) is 5.69. The molecule has 1 aromatic rings. The largest absolute Gasteiger partial charge is 0.490 e. The molecule has 0 bridgehead atoms. The summed E-state index contributed by atoms with van der Waals surface area (Å²) < 4.78 is 5.87. The normalized spacial score (nSPS) is 21.8. The fourth-order valence-corrected chi connectivity index (χ4v) is 2.77. The highest BCUT2D eigenvalue weighted by atomic mass is 16.6. The Bertz CT molecular complexity index is 569. The van der Waals surface area contributed by atoms with E-state index in [0.717, 1.165) is 31.7 Å². The molecule has 6 nitrogen and oxygen atoms in total. The van der Waals surface area contributed by atoms with E-state index in [1.165, 1.54) is 6.07 Å². The summed E-state index contributed by atoms with van der Waals surface area (Å²) >= 11 is 0. The average Bonchev–Trinajstić information content (AvgIpc) is 2.40. The maximum absolute atomic E-state index is 11.1. The summed E-state index contributed by atoms with van der Waals surface area (Å²) in [7, 11) is 0. The Kier molecular flexibility index (Phi) is 4.45. The van der Waals surface area contributed by atoms with Crippen LogP contribution in [-0.2, 0) is 0 Å². The van der Waals surface area contributed by atoms with Crippen LogP contribution in [0.25, 0.3) is 0 Å². The monoisotopic (exact) mass is 293 g/mol. The van der Waals surface area contributed by atoms with Crippen LogP contribution in [0.3, 0.4) is 0 Å². The highest BCUT2D eigenvalue weighted by Crippen LogP contribution is 2.33. The van der Waals surface area contributed by atoms with Crippen LogP contribution in [0.5, 0.6) is 5.75 Å². The van der Waals surface area contributed by atoms with Gasteiger partial charge < -0.3 is 9.84 Å². The summed E-state index contributed by atoms with van der Waals surface area (Å²) in [5, 5.41) is 20.1. The summed E-state index contributed by atoms with van der Waals surface area (Å²) in [5.41, 5.74) is 0.0446. The lowest BCUT2D eigenvalue weighted by Crippen LogP contribution is -2.24. The van der Waals surface area contributed by atoms with Gasteiger partial charge in [0.1, 0.15) is 5.75 Å². The molecule has 1 N–H and O–H groups in total. The van der Waals surface area contributed by atoms with Crippen LogP contribution in [0, 0.1) is 23.0 Å². The molecule has 1 aromatic carbocycles. The van der Waals surface area contributed by atoms with Crippen molar-refractivity contribution in [3.8, 4) is 5.75 Å². The van der Waals surface area contributed by atoms with Gasteiger partial charge in [0.05, 0.1) is 22.2 Å². The van der Waals surface area contributed by atoms with Gasteiger partial charge in [0.25, 0.3) is 5.69 Å². The first-order chi connectivity index (χ1) is 9.88. The van der Waals surface area contributed by atoms with Crippen LogP contribution in [0.2, 0.25) is 0 Å². The third-order valence-corrected chi connectivity index (χ3v) is 3.96. The van der Waals surface area contributed by atoms with Gasteiger partial charge in [-0.15, -0.1) is 0 Å². The third kappa shape index (κ3) is 3.51. The number of nitrogens with zero attached hydrogens (tertiary/aromatic N) is 1. The van der Waals surface area contributed by atoms with Crippen LogP contribution < -0.4 is 4.74 Å². The molecule has 0 heterocycles. The van der Waals surface area contributed by atoms with Crippen molar-refractivity contribution in [1.29, 1.82) is 0 Å². The average molecular weight is 293 g/mol. The fourth-order valence-electron chi connectivity index (χ4n) is 2.77. The van der Waals surface area contributed by atoms with Crippen molar-refractivity contribution in [2.45, 2.75) is 45.6 Å². The number of aromatic carboxylic acids is 1. The van der Waals surface area contributed by atoms with Gasteiger partial charge in [-0.25, -0.2) is 4.79 Å². The van der Waals surface area contributed by atoms with E-state index in [4.69, 9.17) is 9.84 Å². The van der Waals surface area contributed by atoms with E-state index >= 15 is 0 Å². The molecule has 1 saturated carbocycles. The molecular formula is C15H19NO5. The van der Waals surface area contributed by atoms with E-state index in [0.29, 0.717) is 17.2 Å². The maximum atomic E-state index is 11.1. The number of carboxylic acid groups (broad SMARTS) is 1. The van der Waals surface area contributed by atoms with Crippen LogP contribution in [-0.4, -0.2) is 22.1 Å². The molecule has 0 amide bonds. The number of carbonyl (C=O) groups is 1. The second-order valence-corrected chi connectivity index (χ2v) is 5.69. The van der Waals surface area contributed by atoms with Gasteiger partial charge >= 0.3 is 5.97 Å². The Balaban J connectivity index is 2.33. The van der Waals surface area contributed by atoms with E-state index in [1.54, 1.807) is 6.92 Å².